The van der Waals surface area contributed by atoms with E-state index in [2.05, 4.69) is 9.97 Å². The van der Waals surface area contributed by atoms with E-state index in [0.29, 0.717) is 17.2 Å². The van der Waals surface area contributed by atoms with Gasteiger partial charge in [0.15, 0.2) is 11.5 Å². The summed E-state index contributed by atoms with van der Waals surface area (Å²) in [6, 6.07) is 3.90. The molecule has 2 aliphatic heterocycles. The minimum Gasteiger partial charge on any atom is -0.493 e. The Bertz CT molecular complexity index is 903. The first-order valence-electron chi connectivity index (χ1n) is 9.25. The number of amides is 1. The van der Waals surface area contributed by atoms with Gasteiger partial charge >= 0.3 is 0 Å². The van der Waals surface area contributed by atoms with Crippen molar-refractivity contribution < 1.29 is 19.0 Å². The van der Waals surface area contributed by atoms with E-state index in [1.165, 1.54) is 0 Å². The largest absolute Gasteiger partial charge is 0.493 e. The first kappa shape index (κ1) is 18.3. The highest BCUT2D eigenvalue weighted by Gasteiger charge is 2.42. The number of carbonyl (C=O) groups excluding carboxylic acids is 1. The van der Waals surface area contributed by atoms with Crippen LogP contribution in [0.5, 0.6) is 17.2 Å². The van der Waals surface area contributed by atoms with Crippen molar-refractivity contribution in [3.05, 3.63) is 47.6 Å². The maximum absolute atomic E-state index is 13.0. The number of benzene rings is 1. The van der Waals surface area contributed by atoms with Crippen LogP contribution in [-0.4, -0.2) is 48.1 Å². The Morgan fingerprint density at radius 3 is 2.57 bits per heavy atom. The molecule has 2 atom stereocenters. The van der Waals surface area contributed by atoms with Crippen LogP contribution in [0.3, 0.4) is 0 Å². The van der Waals surface area contributed by atoms with Crippen LogP contribution in [0, 0.1) is 0 Å². The Morgan fingerprint density at radius 1 is 1.14 bits per heavy atom. The predicted octanol–water partition coefficient (Wildman–Crippen LogP) is 2.80. The molecule has 146 valence electrons. The number of aromatic nitrogens is 2. The van der Waals surface area contributed by atoms with E-state index < -0.39 is 0 Å². The molecule has 2 aromatic rings. The predicted molar refractivity (Wildman–Crippen MR) is 103 cm³/mol. The molecule has 3 heterocycles. The molecule has 1 aromatic heterocycles. The number of ether oxygens (including phenoxy) is 3. The lowest BCUT2D eigenvalue weighted by molar-refractivity contribution is -0.129. The Kier molecular flexibility index (Phi) is 4.90. The summed E-state index contributed by atoms with van der Waals surface area (Å²) < 4.78 is 16.1. The molecular formula is C21H23N3O4. The van der Waals surface area contributed by atoms with Crippen molar-refractivity contribution in [3.63, 3.8) is 0 Å². The molecule has 2 bridgehead atoms. The molecule has 2 aliphatic rings. The maximum Gasteiger partial charge on any atom is 0.247 e. The Morgan fingerprint density at radius 2 is 1.89 bits per heavy atom. The minimum atomic E-state index is -0.00393. The second-order valence-electron chi connectivity index (χ2n) is 6.91. The monoisotopic (exact) mass is 381 g/mol. The highest BCUT2D eigenvalue weighted by atomic mass is 16.5. The van der Waals surface area contributed by atoms with Gasteiger partial charge in [-0.3, -0.25) is 4.79 Å². The summed E-state index contributed by atoms with van der Waals surface area (Å²) in [4.78, 5) is 23.5. The molecule has 4 rings (SSSR count). The molecule has 0 spiro atoms. The van der Waals surface area contributed by atoms with Crippen LogP contribution in [0.1, 0.15) is 35.7 Å². The van der Waals surface area contributed by atoms with Gasteiger partial charge in [-0.2, -0.15) is 0 Å². The zero-order valence-corrected chi connectivity index (χ0v) is 16.2. The van der Waals surface area contributed by atoms with Crippen molar-refractivity contribution in [2.45, 2.75) is 31.3 Å². The topological polar surface area (TPSA) is 73.8 Å². The molecular weight excluding hydrogens is 358 g/mol. The van der Waals surface area contributed by atoms with Crippen molar-refractivity contribution >= 4 is 12.0 Å². The summed E-state index contributed by atoms with van der Waals surface area (Å²) in [5.41, 5.74) is 2.95. The van der Waals surface area contributed by atoms with Gasteiger partial charge in [0.25, 0.3) is 0 Å². The van der Waals surface area contributed by atoms with Gasteiger partial charge < -0.3 is 19.1 Å². The fourth-order valence-corrected chi connectivity index (χ4v) is 4.21. The van der Waals surface area contributed by atoms with Gasteiger partial charge in [-0.25, -0.2) is 9.97 Å². The summed E-state index contributed by atoms with van der Waals surface area (Å²) >= 11 is 0. The first-order valence-corrected chi connectivity index (χ1v) is 9.25. The van der Waals surface area contributed by atoms with Crippen molar-refractivity contribution in [1.29, 1.82) is 0 Å². The zero-order valence-electron chi connectivity index (χ0n) is 16.2. The highest BCUT2D eigenvalue weighted by molar-refractivity contribution is 5.93. The fraction of sp³-hybridized carbons (Fsp3) is 0.381. The number of methoxy groups -OCH3 is 3. The van der Waals surface area contributed by atoms with Crippen molar-refractivity contribution in [2.75, 3.05) is 21.3 Å². The van der Waals surface area contributed by atoms with Gasteiger partial charge in [-0.15, -0.1) is 0 Å². The Labute approximate surface area is 164 Å². The van der Waals surface area contributed by atoms with Crippen LogP contribution in [0.4, 0.5) is 0 Å². The minimum absolute atomic E-state index is 0.00393. The van der Waals surface area contributed by atoms with Crippen molar-refractivity contribution in [2.24, 2.45) is 0 Å². The average molecular weight is 381 g/mol. The lowest BCUT2D eigenvalue weighted by Crippen LogP contribution is -2.41. The van der Waals surface area contributed by atoms with Gasteiger partial charge in [-0.1, -0.05) is 0 Å². The third kappa shape index (κ3) is 3.06. The number of nitrogens with zero attached hydrogens (tertiary/aromatic N) is 3. The maximum atomic E-state index is 13.0. The SMILES string of the molecule is COc1cc(/C=C/C(=O)N2C3CCC2c2cncnc2C3)cc(OC)c1OC. The van der Waals surface area contributed by atoms with Crippen LogP contribution < -0.4 is 14.2 Å². The molecule has 1 saturated heterocycles. The quantitative estimate of drug-likeness (QED) is 0.742. The molecule has 0 N–H and O–H groups in total. The number of rotatable bonds is 5. The van der Waals surface area contributed by atoms with E-state index in [1.54, 1.807) is 39.8 Å². The highest BCUT2D eigenvalue weighted by Crippen LogP contribution is 2.43. The molecule has 7 nitrogen and oxygen atoms in total. The summed E-state index contributed by atoms with van der Waals surface area (Å²) in [7, 11) is 4.70. The molecule has 0 aliphatic carbocycles. The third-order valence-corrected chi connectivity index (χ3v) is 5.48. The summed E-state index contributed by atoms with van der Waals surface area (Å²) in [6.07, 6.45) is 9.56. The zero-order chi connectivity index (χ0) is 19.7. The Hall–Kier alpha value is -3.09. The molecule has 2 unspecified atom stereocenters. The molecule has 1 fully saturated rings. The van der Waals surface area contributed by atoms with E-state index in [-0.39, 0.29) is 18.0 Å². The molecule has 1 amide bonds. The van der Waals surface area contributed by atoms with Crippen molar-refractivity contribution in [1.82, 2.24) is 14.9 Å². The van der Waals surface area contributed by atoms with Crippen LogP contribution >= 0.6 is 0 Å². The third-order valence-electron chi connectivity index (χ3n) is 5.48. The number of fused-ring (bicyclic) bond motifs is 4. The number of hydrogen-bond acceptors (Lipinski definition) is 6. The molecule has 0 radical (unpaired) electrons. The van der Waals surface area contributed by atoms with Crippen LogP contribution in [0.15, 0.2) is 30.7 Å². The fourth-order valence-electron chi connectivity index (χ4n) is 4.21. The van der Waals surface area contributed by atoms with E-state index in [4.69, 9.17) is 14.2 Å². The number of hydrogen-bond donors (Lipinski definition) is 0. The van der Waals surface area contributed by atoms with Gasteiger partial charge in [0, 0.05) is 30.3 Å². The van der Waals surface area contributed by atoms with E-state index in [9.17, 15) is 4.79 Å². The summed E-state index contributed by atoms with van der Waals surface area (Å²) in [5, 5.41) is 0. The van der Waals surface area contributed by atoms with E-state index >= 15 is 0 Å². The van der Waals surface area contributed by atoms with Crippen LogP contribution in [0.25, 0.3) is 6.08 Å². The molecule has 0 saturated carbocycles. The second kappa shape index (κ2) is 7.50. The lowest BCUT2D eigenvalue weighted by Gasteiger charge is -2.34. The van der Waals surface area contributed by atoms with Crippen LogP contribution in [-0.2, 0) is 11.2 Å². The smallest absolute Gasteiger partial charge is 0.247 e. The summed E-state index contributed by atoms with van der Waals surface area (Å²) in [6.45, 7) is 0. The molecule has 7 heteroatoms. The molecule has 1 aromatic carbocycles. The molecule has 28 heavy (non-hydrogen) atoms. The van der Waals surface area contributed by atoms with Crippen molar-refractivity contribution in [3.8, 4) is 17.2 Å². The van der Waals surface area contributed by atoms with Gasteiger partial charge in [0.1, 0.15) is 6.33 Å². The van der Waals surface area contributed by atoms with E-state index in [0.717, 1.165) is 36.1 Å². The van der Waals surface area contributed by atoms with Gasteiger partial charge in [0.2, 0.25) is 11.7 Å². The van der Waals surface area contributed by atoms with Gasteiger partial charge in [0.05, 0.1) is 33.1 Å². The summed E-state index contributed by atoms with van der Waals surface area (Å²) in [5.74, 6) is 1.63. The lowest BCUT2D eigenvalue weighted by atomic mass is 9.99. The van der Waals surface area contributed by atoms with Gasteiger partial charge in [-0.05, 0) is 36.6 Å². The van der Waals surface area contributed by atoms with Crippen LogP contribution in [0.2, 0.25) is 0 Å². The first-order chi connectivity index (χ1) is 13.7. The number of carbonyl (C=O) groups is 1. The average Bonchev–Trinajstić information content (AvgIpc) is 3.05. The second-order valence-corrected chi connectivity index (χ2v) is 6.91. The standard InChI is InChI=1S/C21H23N3O4/c1-26-18-8-13(9-19(27-2)21(18)28-3)4-7-20(25)24-14-5-6-17(24)15-11-22-12-23-16(15)10-14/h4,7-9,11-12,14,17H,5-6,10H2,1-3H3/b7-4+. The van der Waals surface area contributed by atoms with E-state index in [1.807, 2.05) is 23.2 Å². The normalized spacial score (nSPS) is 20.2. The Balaban J connectivity index is 1.59.